The van der Waals surface area contributed by atoms with Crippen LogP contribution >= 0.6 is 11.7 Å². The predicted molar refractivity (Wildman–Crippen MR) is 174 cm³/mol. The van der Waals surface area contributed by atoms with Crippen molar-refractivity contribution in [2.75, 3.05) is 51.0 Å². The van der Waals surface area contributed by atoms with Gasteiger partial charge < -0.3 is 47.7 Å². The summed E-state index contributed by atoms with van der Waals surface area (Å²) in [5.41, 5.74) is -0.926. The van der Waals surface area contributed by atoms with E-state index in [4.69, 9.17) is 37.9 Å². The maximum atomic E-state index is 13.5. The van der Waals surface area contributed by atoms with Gasteiger partial charge in [0.1, 0.15) is 6.61 Å². The highest BCUT2D eigenvalue weighted by molar-refractivity contribution is 6.99. The fraction of sp³-hybridized carbons (Fsp3) is 0.710. The molecule has 4 unspecified atom stereocenters. The van der Waals surface area contributed by atoms with E-state index in [1.54, 1.807) is 20.8 Å². The van der Waals surface area contributed by atoms with Crippen LogP contribution < -0.4 is 9.64 Å². The second-order valence-electron chi connectivity index (χ2n) is 12.3. The van der Waals surface area contributed by atoms with Gasteiger partial charge in [0.15, 0.2) is 37.1 Å². The van der Waals surface area contributed by atoms with Crippen molar-refractivity contribution in [3.8, 4) is 5.88 Å². The Kier molecular flexibility index (Phi) is 16.5. The number of carbonyl (C=O) groups is 7. The summed E-state index contributed by atoms with van der Waals surface area (Å²) in [4.78, 5) is 89.2. The third kappa shape index (κ3) is 14.3. The molecule has 0 aliphatic carbocycles. The number of morpholine rings is 1. The van der Waals surface area contributed by atoms with Gasteiger partial charge >= 0.3 is 35.8 Å². The summed E-state index contributed by atoms with van der Waals surface area (Å²) in [6.07, 6.45) is -6.63. The monoisotopic (exact) mass is 746 g/mol. The molecule has 19 nitrogen and oxygen atoms in total. The predicted octanol–water partition coefficient (Wildman–Crippen LogP) is 0.602. The van der Waals surface area contributed by atoms with Crippen molar-refractivity contribution in [2.24, 2.45) is 0 Å². The van der Waals surface area contributed by atoms with E-state index in [-0.39, 0.29) is 19.0 Å². The molecule has 1 aromatic rings. The largest absolute Gasteiger partial charge is 0.470 e. The van der Waals surface area contributed by atoms with Crippen molar-refractivity contribution in [3.63, 3.8) is 0 Å². The van der Waals surface area contributed by atoms with Crippen LogP contribution in [0.4, 0.5) is 5.82 Å². The molecule has 1 aliphatic heterocycles. The lowest BCUT2D eigenvalue weighted by molar-refractivity contribution is -0.180. The molecule has 0 radical (unpaired) electrons. The highest BCUT2D eigenvalue weighted by atomic mass is 32.1. The van der Waals surface area contributed by atoms with Gasteiger partial charge in [0.2, 0.25) is 5.82 Å². The second-order valence-corrected chi connectivity index (χ2v) is 12.8. The SMILES string of the molecule is CC(=O)OC(C)C(=O)OC(C)C(=O)OCC(=O)N(C[C@@H](COc1nsnc1N1CCOCC1)OC(=O)C(C)OC(=O)C(C)OC(C)=O)C(C)(C)C. The van der Waals surface area contributed by atoms with Gasteiger partial charge in [-0.2, -0.15) is 4.37 Å². The minimum Gasteiger partial charge on any atom is -0.470 e. The van der Waals surface area contributed by atoms with E-state index in [2.05, 4.69) is 8.75 Å². The first-order valence-corrected chi connectivity index (χ1v) is 16.7. The van der Waals surface area contributed by atoms with Crippen LogP contribution in [0.15, 0.2) is 0 Å². The Labute approximate surface area is 299 Å². The molecule has 1 saturated heterocycles. The van der Waals surface area contributed by atoms with Gasteiger partial charge in [0, 0.05) is 32.5 Å². The molecule has 286 valence electrons. The summed E-state index contributed by atoms with van der Waals surface area (Å²) in [6, 6.07) is 0. The van der Waals surface area contributed by atoms with Crippen LogP contribution in [-0.2, 0) is 66.7 Å². The second kappa shape index (κ2) is 19.7. The molecule has 20 heteroatoms. The fourth-order valence-corrected chi connectivity index (χ4v) is 4.82. The summed E-state index contributed by atoms with van der Waals surface area (Å²) >= 11 is 0.911. The summed E-state index contributed by atoms with van der Waals surface area (Å²) in [5, 5.41) is 0. The van der Waals surface area contributed by atoms with Crippen LogP contribution in [-0.4, -0.2) is 137 Å². The first kappa shape index (κ1) is 42.6. The molecule has 5 atom stereocenters. The number of rotatable bonds is 17. The molecule has 0 saturated carbocycles. The van der Waals surface area contributed by atoms with Crippen molar-refractivity contribution in [1.82, 2.24) is 13.6 Å². The molecule has 1 amide bonds. The first-order chi connectivity index (χ1) is 23.8. The van der Waals surface area contributed by atoms with Crippen LogP contribution in [0.1, 0.15) is 62.3 Å². The van der Waals surface area contributed by atoms with Crippen molar-refractivity contribution < 1.29 is 71.5 Å². The van der Waals surface area contributed by atoms with Crippen molar-refractivity contribution in [2.45, 2.75) is 98.4 Å². The molecule has 0 N–H and O–H groups in total. The quantitative estimate of drug-likeness (QED) is 0.157. The van der Waals surface area contributed by atoms with Gasteiger partial charge in [-0.25, -0.2) is 19.2 Å². The Morgan fingerprint density at radius 2 is 1.25 bits per heavy atom. The minimum absolute atomic E-state index is 0.159. The lowest BCUT2D eigenvalue weighted by Gasteiger charge is -2.38. The van der Waals surface area contributed by atoms with E-state index >= 15 is 0 Å². The third-order valence-corrected chi connectivity index (χ3v) is 7.38. The molecular weight excluding hydrogens is 700 g/mol. The number of aromatic nitrogens is 2. The maximum Gasteiger partial charge on any atom is 0.347 e. The van der Waals surface area contributed by atoms with Crippen molar-refractivity contribution >= 4 is 59.3 Å². The zero-order chi connectivity index (χ0) is 38.5. The lowest BCUT2D eigenvalue weighted by Crippen LogP contribution is -2.53. The van der Waals surface area contributed by atoms with Crippen molar-refractivity contribution in [1.29, 1.82) is 0 Å². The Balaban J connectivity index is 2.20. The topological polar surface area (TPSA) is 226 Å². The number of ether oxygens (including phenoxy) is 8. The molecule has 0 aromatic carbocycles. The van der Waals surface area contributed by atoms with Gasteiger partial charge in [-0.1, -0.05) is 0 Å². The van der Waals surface area contributed by atoms with Gasteiger partial charge in [0.05, 0.1) is 31.5 Å². The zero-order valence-corrected chi connectivity index (χ0v) is 31.0. The third-order valence-electron chi connectivity index (χ3n) is 6.88. The molecule has 1 aromatic heterocycles. The standard InChI is InChI=1S/C31H46N4O15S/c1-17(48-28(40)18(2)46-21(5)36)27(39)45-16-24(38)35(31(7,8)9)14-23(50-30(42)20(4)49-29(41)19(3)47-22(6)37)15-44-26-25(32-51-33-26)34-10-12-43-13-11-34/h17-20,23H,10-16H2,1-9H3/t17?,18?,19?,20?,23-/m0/s1. The smallest absolute Gasteiger partial charge is 0.347 e. The average Bonchev–Trinajstić information content (AvgIpc) is 3.52. The van der Waals surface area contributed by atoms with E-state index in [1.807, 2.05) is 4.90 Å². The number of hydrogen-bond acceptors (Lipinski definition) is 19. The van der Waals surface area contributed by atoms with Gasteiger partial charge in [-0.15, -0.1) is 4.37 Å². The maximum absolute atomic E-state index is 13.5. The van der Waals surface area contributed by atoms with Gasteiger partial charge in [-0.05, 0) is 48.5 Å². The average molecular weight is 747 g/mol. The normalized spacial score (nSPS) is 15.9. The Hall–Kier alpha value is -4.59. The highest BCUT2D eigenvalue weighted by Gasteiger charge is 2.35. The van der Waals surface area contributed by atoms with Crippen molar-refractivity contribution in [3.05, 3.63) is 0 Å². The number of nitrogens with zero attached hydrogens (tertiary/aromatic N) is 4. The fourth-order valence-electron chi connectivity index (χ4n) is 4.30. The summed E-state index contributed by atoms with van der Waals surface area (Å²) in [7, 11) is 0. The summed E-state index contributed by atoms with van der Waals surface area (Å²) in [6.45, 7) is 13.0. The lowest BCUT2D eigenvalue weighted by atomic mass is 10.1. The summed E-state index contributed by atoms with van der Waals surface area (Å²) in [5.74, 6) is -5.54. The van der Waals surface area contributed by atoms with Crippen LogP contribution in [0.5, 0.6) is 5.88 Å². The zero-order valence-electron chi connectivity index (χ0n) is 30.2. The molecular formula is C31H46N4O15S. The van der Waals surface area contributed by atoms with Crippen LogP contribution in [0.3, 0.4) is 0 Å². The molecule has 0 spiro atoms. The van der Waals surface area contributed by atoms with Gasteiger partial charge in [-0.3, -0.25) is 14.4 Å². The molecule has 2 rings (SSSR count). The van der Waals surface area contributed by atoms with E-state index in [1.165, 1.54) is 32.6 Å². The number of amides is 1. The van der Waals surface area contributed by atoms with E-state index in [0.717, 1.165) is 25.6 Å². The molecule has 51 heavy (non-hydrogen) atoms. The molecule has 1 fully saturated rings. The summed E-state index contributed by atoms with van der Waals surface area (Å²) < 4.78 is 50.3. The van der Waals surface area contributed by atoms with Gasteiger partial charge in [0.25, 0.3) is 11.8 Å². The van der Waals surface area contributed by atoms with E-state index < -0.39 is 84.4 Å². The number of anilines is 1. The number of carbonyl (C=O) groups excluding carboxylic acids is 7. The Morgan fingerprint density at radius 1 is 0.765 bits per heavy atom. The first-order valence-electron chi connectivity index (χ1n) is 16.0. The Bertz CT molecular complexity index is 1390. The van der Waals surface area contributed by atoms with Crippen LogP contribution in [0.25, 0.3) is 0 Å². The highest BCUT2D eigenvalue weighted by Crippen LogP contribution is 2.27. The Morgan fingerprint density at radius 3 is 1.76 bits per heavy atom. The van der Waals surface area contributed by atoms with E-state index in [0.29, 0.717) is 32.1 Å². The van der Waals surface area contributed by atoms with Crippen LogP contribution in [0, 0.1) is 0 Å². The number of esters is 6. The van der Waals surface area contributed by atoms with E-state index in [9.17, 15) is 33.6 Å². The molecule has 2 heterocycles. The molecule has 1 aliphatic rings. The number of hydrogen-bond donors (Lipinski definition) is 0. The van der Waals surface area contributed by atoms with Crippen LogP contribution in [0.2, 0.25) is 0 Å². The molecule has 0 bridgehead atoms. The minimum atomic E-state index is -1.45.